The molecule has 2 aromatic rings. The molecule has 3 heterocycles. The first-order valence-electron chi connectivity index (χ1n) is 7.47. The molecule has 1 aliphatic heterocycles. The van der Waals surface area contributed by atoms with Gasteiger partial charge >= 0.3 is 0 Å². The number of pyridine rings is 1. The molecule has 7 heteroatoms. The summed E-state index contributed by atoms with van der Waals surface area (Å²) >= 11 is 6.22. The second-order valence-corrected chi connectivity index (χ2v) is 5.63. The molecule has 0 bridgehead atoms. The maximum atomic E-state index is 12.2. The van der Waals surface area contributed by atoms with Gasteiger partial charge in [0, 0.05) is 25.8 Å². The van der Waals surface area contributed by atoms with Gasteiger partial charge in [-0.1, -0.05) is 17.7 Å². The zero-order valence-corrected chi connectivity index (χ0v) is 13.1. The Hall–Kier alpha value is -1.63. The van der Waals surface area contributed by atoms with Crippen molar-refractivity contribution in [3.8, 4) is 0 Å². The molecule has 22 heavy (non-hydrogen) atoms. The van der Waals surface area contributed by atoms with Crippen molar-refractivity contribution in [1.29, 1.82) is 0 Å². The fourth-order valence-corrected chi connectivity index (χ4v) is 2.80. The third-order valence-electron chi connectivity index (χ3n) is 3.74. The molecule has 0 atom stereocenters. The van der Waals surface area contributed by atoms with E-state index >= 15 is 0 Å². The van der Waals surface area contributed by atoms with Crippen molar-refractivity contribution in [1.82, 2.24) is 19.8 Å². The van der Waals surface area contributed by atoms with Gasteiger partial charge in [-0.05, 0) is 25.1 Å². The highest BCUT2D eigenvalue weighted by molar-refractivity contribution is 6.36. The second kappa shape index (κ2) is 7.09. The molecule has 3 rings (SSSR count). The van der Waals surface area contributed by atoms with E-state index in [2.05, 4.69) is 15.3 Å². The molecule has 2 aromatic heterocycles. The first-order valence-corrected chi connectivity index (χ1v) is 7.84. The van der Waals surface area contributed by atoms with Crippen molar-refractivity contribution >= 4 is 23.0 Å². The van der Waals surface area contributed by atoms with E-state index in [1.54, 1.807) is 10.7 Å². The summed E-state index contributed by atoms with van der Waals surface area (Å²) in [6, 6.07) is 5.55. The molecule has 0 spiro atoms. The lowest BCUT2D eigenvalue weighted by molar-refractivity contribution is 0.0374. The summed E-state index contributed by atoms with van der Waals surface area (Å²) < 4.78 is 6.92. The maximum absolute atomic E-state index is 12.2. The normalized spacial score (nSPS) is 16.0. The van der Waals surface area contributed by atoms with E-state index in [-0.39, 0.29) is 11.6 Å². The average molecular weight is 323 g/mol. The number of aromatic nitrogens is 2. The summed E-state index contributed by atoms with van der Waals surface area (Å²) in [7, 11) is 0. The number of rotatable bonds is 5. The van der Waals surface area contributed by atoms with E-state index in [4.69, 9.17) is 16.3 Å². The van der Waals surface area contributed by atoms with Crippen molar-refractivity contribution in [2.24, 2.45) is 0 Å². The molecular formula is C15H19ClN4O2. The topological polar surface area (TPSA) is 58.9 Å². The van der Waals surface area contributed by atoms with E-state index < -0.39 is 0 Å². The molecule has 0 aromatic carbocycles. The monoisotopic (exact) mass is 322 g/mol. The summed E-state index contributed by atoms with van der Waals surface area (Å²) in [4.78, 5) is 14.5. The van der Waals surface area contributed by atoms with E-state index in [1.807, 2.05) is 18.2 Å². The Balaban J connectivity index is 1.51. The zero-order chi connectivity index (χ0) is 15.4. The van der Waals surface area contributed by atoms with Crippen molar-refractivity contribution in [3.63, 3.8) is 0 Å². The number of carbonyl (C=O) groups excluding carboxylic acids is 1. The number of carbonyl (C=O) groups is 1. The van der Waals surface area contributed by atoms with E-state index in [9.17, 15) is 4.79 Å². The second-order valence-electron chi connectivity index (χ2n) is 5.26. The van der Waals surface area contributed by atoms with Crippen LogP contribution in [-0.2, 0) is 4.74 Å². The Labute approximate surface area is 134 Å². The largest absolute Gasteiger partial charge is 0.379 e. The first kappa shape index (κ1) is 15.3. The predicted octanol–water partition coefficient (Wildman–Crippen LogP) is 1.44. The van der Waals surface area contributed by atoms with Crippen LogP contribution in [0.5, 0.6) is 0 Å². The van der Waals surface area contributed by atoms with Crippen LogP contribution in [0.25, 0.3) is 5.52 Å². The Kier molecular flexibility index (Phi) is 4.92. The number of nitrogens with one attached hydrogen (secondary N) is 1. The Morgan fingerprint density at radius 2 is 2.18 bits per heavy atom. The first-order chi connectivity index (χ1) is 10.8. The third-order valence-corrected chi connectivity index (χ3v) is 4.11. The van der Waals surface area contributed by atoms with Gasteiger partial charge in [-0.15, -0.1) is 0 Å². The van der Waals surface area contributed by atoms with Gasteiger partial charge in [0.15, 0.2) is 5.69 Å². The van der Waals surface area contributed by atoms with Gasteiger partial charge in [0.1, 0.15) is 0 Å². The maximum Gasteiger partial charge on any atom is 0.273 e. The van der Waals surface area contributed by atoms with Crippen molar-refractivity contribution in [2.45, 2.75) is 6.42 Å². The summed E-state index contributed by atoms with van der Waals surface area (Å²) in [6.45, 7) is 5.09. The van der Waals surface area contributed by atoms with Gasteiger partial charge < -0.3 is 10.1 Å². The molecule has 0 saturated carbocycles. The SMILES string of the molecule is O=C(NCCCN1CCOCC1)c1nn2ccccc2c1Cl. The highest BCUT2D eigenvalue weighted by Gasteiger charge is 2.17. The highest BCUT2D eigenvalue weighted by atomic mass is 35.5. The van der Waals surface area contributed by atoms with Gasteiger partial charge in [-0.25, -0.2) is 4.52 Å². The third kappa shape index (κ3) is 3.40. The van der Waals surface area contributed by atoms with Crippen LogP contribution in [0.1, 0.15) is 16.9 Å². The molecule has 0 radical (unpaired) electrons. The van der Waals surface area contributed by atoms with E-state index in [1.165, 1.54) is 0 Å². The Morgan fingerprint density at radius 1 is 1.36 bits per heavy atom. The minimum atomic E-state index is -0.226. The van der Waals surface area contributed by atoms with E-state index in [0.29, 0.717) is 11.6 Å². The fraction of sp³-hybridized carbons (Fsp3) is 0.467. The molecular weight excluding hydrogens is 304 g/mol. The van der Waals surface area contributed by atoms with Gasteiger partial charge in [-0.2, -0.15) is 5.10 Å². The highest BCUT2D eigenvalue weighted by Crippen LogP contribution is 2.21. The molecule has 1 N–H and O–H groups in total. The molecule has 1 amide bonds. The minimum absolute atomic E-state index is 0.226. The number of hydrogen-bond acceptors (Lipinski definition) is 4. The van der Waals surface area contributed by atoms with Crippen LogP contribution in [0.2, 0.25) is 5.02 Å². The van der Waals surface area contributed by atoms with Crippen LogP contribution >= 0.6 is 11.6 Å². The lowest BCUT2D eigenvalue weighted by Crippen LogP contribution is -2.38. The lowest BCUT2D eigenvalue weighted by atomic mass is 10.3. The number of ether oxygens (including phenoxy) is 1. The van der Waals surface area contributed by atoms with Crippen molar-refractivity contribution < 1.29 is 9.53 Å². The van der Waals surface area contributed by atoms with Crippen LogP contribution in [-0.4, -0.2) is 59.8 Å². The summed E-state index contributed by atoms with van der Waals surface area (Å²) in [5.74, 6) is -0.226. The van der Waals surface area contributed by atoms with Gasteiger partial charge in [0.05, 0.1) is 23.8 Å². The molecule has 1 fully saturated rings. The molecule has 6 nitrogen and oxygen atoms in total. The fourth-order valence-electron chi connectivity index (χ4n) is 2.53. The van der Waals surface area contributed by atoms with Gasteiger partial charge in [-0.3, -0.25) is 9.69 Å². The minimum Gasteiger partial charge on any atom is -0.379 e. The standard InChI is InChI=1S/C15H19ClN4O2/c16-13-12-4-1-2-7-20(12)18-14(13)15(21)17-5-3-6-19-8-10-22-11-9-19/h1-2,4,7H,3,5-6,8-11H2,(H,17,21). The Bertz CT molecular complexity index is 652. The quantitative estimate of drug-likeness (QED) is 0.846. The summed E-state index contributed by atoms with van der Waals surface area (Å²) in [5.41, 5.74) is 1.02. The number of hydrogen-bond donors (Lipinski definition) is 1. The molecule has 0 aliphatic carbocycles. The Morgan fingerprint density at radius 3 is 2.95 bits per heavy atom. The number of halogens is 1. The predicted molar refractivity (Wildman–Crippen MR) is 84.4 cm³/mol. The van der Waals surface area contributed by atoms with Gasteiger partial charge in [0.2, 0.25) is 0 Å². The molecule has 0 unspecified atom stereocenters. The van der Waals surface area contributed by atoms with Crippen LogP contribution in [0.4, 0.5) is 0 Å². The van der Waals surface area contributed by atoms with Gasteiger partial charge in [0.25, 0.3) is 5.91 Å². The summed E-state index contributed by atoms with van der Waals surface area (Å²) in [5, 5.41) is 7.50. The smallest absolute Gasteiger partial charge is 0.273 e. The molecule has 1 saturated heterocycles. The van der Waals surface area contributed by atoms with Crippen LogP contribution in [0.15, 0.2) is 24.4 Å². The molecule has 118 valence electrons. The number of amides is 1. The molecule has 1 aliphatic rings. The van der Waals surface area contributed by atoms with E-state index in [0.717, 1.165) is 44.8 Å². The average Bonchev–Trinajstić information content (AvgIpc) is 2.90. The number of fused-ring (bicyclic) bond motifs is 1. The van der Waals surface area contributed by atoms with Crippen molar-refractivity contribution in [2.75, 3.05) is 39.4 Å². The summed E-state index contributed by atoms with van der Waals surface area (Å²) in [6.07, 6.45) is 2.67. The van der Waals surface area contributed by atoms with Crippen LogP contribution in [0.3, 0.4) is 0 Å². The zero-order valence-electron chi connectivity index (χ0n) is 12.3. The number of nitrogens with zero attached hydrogens (tertiary/aromatic N) is 3. The lowest BCUT2D eigenvalue weighted by Gasteiger charge is -2.26. The number of morpholine rings is 1. The van der Waals surface area contributed by atoms with Crippen molar-refractivity contribution in [3.05, 3.63) is 35.1 Å². The van der Waals surface area contributed by atoms with Crippen LogP contribution in [0, 0.1) is 0 Å². The van der Waals surface area contributed by atoms with Crippen LogP contribution < -0.4 is 5.32 Å².